The van der Waals surface area contributed by atoms with E-state index in [4.69, 9.17) is 10.00 Å². The fourth-order valence-corrected chi connectivity index (χ4v) is 3.51. The molecular weight excluding hydrogens is 336 g/mol. The highest BCUT2D eigenvalue weighted by molar-refractivity contribution is 5.72. The summed E-state index contributed by atoms with van der Waals surface area (Å²) in [5.41, 5.74) is 3.70. The van der Waals surface area contributed by atoms with Crippen molar-refractivity contribution in [2.45, 2.75) is 58.0 Å². The first-order chi connectivity index (χ1) is 12.9. The van der Waals surface area contributed by atoms with E-state index in [-0.39, 0.29) is 23.5 Å². The second-order valence-electron chi connectivity index (χ2n) is 8.07. The topological polar surface area (TPSA) is 53.3 Å². The Morgan fingerprint density at radius 3 is 2.70 bits per heavy atom. The number of carbonyl (C=O) groups is 1. The van der Waals surface area contributed by atoms with E-state index in [0.717, 1.165) is 25.0 Å². The van der Waals surface area contributed by atoms with Gasteiger partial charge in [-0.05, 0) is 41.9 Å². The minimum Gasteiger partial charge on any atom is -0.444 e. The predicted molar refractivity (Wildman–Crippen MR) is 106 cm³/mol. The van der Waals surface area contributed by atoms with Crippen LogP contribution in [0, 0.1) is 17.2 Å². The van der Waals surface area contributed by atoms with Gasteiger partial charge in [0, 0.05) is 12.1 Å². The number of allylic oxidation sites excluding steroid dienone is 4. The molecule has 0 saturated carbocycles. The Hall–Kier alpha value is -2.54. The van der Waals surface area contributed by atoms with Gasteiger partial charge in [-0.1, -0.05) is 57.2 Å². The molecule has 2 aliphatic rings. The molecule has 1 saturated heterocycles. The number of cyclic esters (lactones) is 1. The third kappa shape index (κ3) is 4.42. The fraction of sp³-hybridized carbons (Fsp3) is 0.478. The van der Waals surface area contributed by atoms with Crippen molar-refractivity contribution in [3.63, 3.8) is 0 Å². The molecule has 2 atom stereocenters. The van der Waals surface area contributed by atoms with Crippen molar-refractivity contribution in [1.29, 1.82) is 5.26 Å². The smallest absolute Gasteiger partial charge is 0.414 e. The third-order valence-corrected chi connectivity index (χ3v) is 5.82. The molecule has 0 N–H and O–H groups in total. The van der Waals surface area contributed by atoms with Gasteiger partial charge >= 0.3 is 6.09 Å². The number of aryl methyl sites for hydroxylation is 1. The molecule has 142 valence electrons. The highest BCUT2D eigenvalue weighted by Gasteiger charge is 2.34. The maximum atomic E-state index is 12.2. The minimum atomic E-state index is -0.293. The Kier molecular flexibility index (Phi) is 5.70. The van der Waals surface area contributed by atoms with Gasteiger partial charge in [-0.2, -0.15) is 5.26 Å². The summed E-state index contributed by atoms with van der Waals surface area (Å²) in [7, 11) is 0. The zero-order valence-electron chi connectivity index (χ0n) is 16.4. The molecule has 1 aromatic rings. The Morgan fingerprint density at radius 2 is 2.04 bits per heavy atom. The third-order valence-electron chi connectivity index (χ3n) is 5.82. The lowest BCUT2D eigenvalue weighted by atomic mass is 9.82. The van der Waals surface area contributed by atoms with Gasteiger partial charge in [-0.25, -0.2) is 4.79 Å². The van der Waals surface area contributed by atoms with Crippen LogP contribution in [0.1, 0.15) is 51.2 Å². The van der Waals surface area contributed by atoms with Gasteiger partial charge in [0.15, 0.2) is 0 Å². The molecule has 0 bridgehead atoms. The predicted octanol–water partition coefficient (Wildman–Crippen LogP) is 5.11. The molecule has 1 amide bonds. The summed E-state index contributed by atoms with van der Waals surface area (Å²) in [6, 6.07) is 11.0. The standard InChI is InChI=1S/C23H28N2O2/c1-4-23(2,3)19-11-8-17(9-12-19)10-13-21-16-25(22(26)27-21)20-7-5-6-18(14-20)15-24/h5-9,11-12,18,21H,4,10,13-14,16H2,1-3H3/t18?,21-/m1/s1. The van der Waals surface area contributed by atoms with Crippen molar-refractivity contribution in [1.82, 2.24) is 4.90 Å². The van der Waals surface area contributed by atoms with Crippen LogP contribution in [-0.2, 0) is 16.6 Å². The maximum Gasteiger partial charge on any atom is 0.414 e. The molecule has 27 heavy (non-hydrogen) atoms. The van der Waals surface area contributed by atoms with Crippen molar-refractivity contribution in [2.75, 3.05) is 6.54 Å². The van der Waals surface area contributed by atoms with Crippen molar-refractivity contribution in [3.05, 3.63) is 59.3 Å². The van der Waals surface area contributed by atoms with E-state index < -0.39 is 0 Å². The van der Waals surface area contributed by atoms with Crippen LogP contribution in [0.2, 0.25) is 0 Å². The second kappa shape index (κ2) is 8.00. The van der Waals surface area contributed by atoms with Crippen molar-refractivity contribution in [3.8, 4) is 6.07 Å². The van der Waals surface area contributed by atoms with E-state index in [0.29, 0.717) is 13.0 Å². The van der Waals surface area contributed by atoms with Gasteiger partial charge in [-0.15, -0.1) is 0 Å². The summed E-state index contributed by atoms with van der Waals surface area (Å²) in [6.07, 6.45) is 8.61. The molecule has 4 heteroatoms. The van der Waals surface area contributed by atoms with Crippen LogP contribution in [0.4, 0.5) is 4.79 Å². The van der Waals surface area contributed by atoms with E-state index in [1.807, 2.05) is 18.2 Å². The first-order valence-electron chi connectivity index (χ1n) is 9.77. The van der Waals surface area contributed by atoms with Crippen molar-refractivity contribution < 1.29 is 9.53 Å². The van der Waals surface area contributed by atoms with Crippen LogP contribution in [0.25, 0.3) is 0 Å². The summed E-state index contributed by atoms with van der Waals surface area (Å²) < 4.78 is 5.55. The van der Waals surface area contributed by atoms with Crippen LogP contribution >= 0.6 is 0 Å². The van der Waals surface area contributed by atoms with Gasteiger partial charge in [-0.3, -0.25) is 4.90 Å². The van der Waals surface area contributed by atoms with E-state index in [1.54, 1.807) is 4.90 Å². The number of hydrogen-bond acceptors (Lipinski definition) is 3. The van der Waals surface area contributed by atoms with E-state index in [9.17, 15) is 4.79 Å². The summed E-state index contributed by atoms with van der Waals surface area (Å²) in [6.45, 7) is 7.31. The van der Waals surface area contributed by atoms with Crippen LogP contribution in [0.5, 0.6) is 0 Å². The molecule has 0 aromatic heterocycles. The molecule has 1 fully saturated rings. The van der Waals surface area contributed by atoms with Crippen LogP contribution in [0.15, 0.2) is 48.2 Å². The van der Waals surface area contributed by atoms with Gasteiger partial charge in [0.25, 0.3) is 0 Å². The number of rotatable bonds is 6. The normalized spacial score (nSPS) is 22.4. The van der Waals surface area contributed by atoms with Gasteiger partial charge in [0.2, 0.25) is 0 Å². The minimum absolute atomic E-state index is 0.100. The molecule has 1 aliphatic carbocycles. The SMILES string of the molecule is CCC(C)(C)c1ccc(CC[C@@H]2CN(C3=CC=CC(C#N)C3)C(=O)O2)cc1. The molecule has 1 heterocycles. The number of hydrogen-bond donors (Lipinski definition) is 0. The molecule has 3 rings (SSSR count). The van der Waals surface area contributed by atoms with Crippen LogP contribution in [-0.4, -0.2) is 23.6 Å². The van der Waals surface area contributed by atoms with Gasteiger partial charge in [0.05, 0.1) is 18.5 Å². The lowest BCUT2D eigenvalue weighted by molar-refractivity contribution is 0.131. The lowest BCUT2D eigenvalue weighted by Gasteiger charge is -2.23. The molecule has 1 aromatic carbocycles. The first kappa shape index (κ1) is 19.2. The summed E-state index contributed by atoms with van der Waals surface area (Å²) in [4.78, 5) is 13.9. The molecule has 4 nitrogen and oxygen atoms in total. The molecule has 0 spiro atoms. The number of ether oxygens (including phenoxy) is 1. The largest absolute Gasteiger partial charge is 0.444 e. The highest BCUT2D eigenvalue weighted by Crippen LogP contribution is 2.29. The average molecular weight is 364 g/mol. The number of amides is 1. The van der Waals surface area contributed by atoms with Crippen molar-refractivity contribution in [2.24, 2.45) is 5.92 Å². The Labute approximate surface area is 162 Å². The van der Waals surface area contributed by atoms with Crippen molar-refractivity contribution >= 4 is 6.09 Å². The van der Waals surface area contributed by atoms with E-state index in [1.165, 1.54) is 11.1 Å². The molecule has 0 radical (unpaired) electrons. The molecular formula is C23H28N2O2. The van der Waals surface area contributed by atoms with Gasteiger partial charge in [0.1, 0.15) is 6.10 Å². The fourth-order valence-electron chi connectivity index (χ4n) is 3.51. The average Bonchev–Trinajstić information content (AvgIpc) is 3.07. The molecule has 1 unspecified atom stereocenters. The number of carbonyl (C=O) groups excluding carboxylic acids is 1. The number of benzene rings is 1. The quantitative estimate of drug-likeness (QED) is 0.705. The zero-order valence-corrected chi connectivity index (χ0v) is 16.4. The Bertz CT molecular complexity index is 784. The number of nitrogens with zero attached hydrogens (tertiary/aromatic N) is 2. The summed E-state index contributed by atoms with van der Waals surface area (Å²) in [5.74, 6) is -0.164. The van der Waals surface area contributed by atoms with Crippen LogP contribution in [0.3, 0.4) is 0 Å². The summed E-state index contributed by atoms with van der Waals surface area (Å²) >= 11 is 0. The van der Waals surface area contributed by atoms with Crippen LogP contribution < -0.4 is 0 Å². The van der Waals surface area contributed by atoms with Gasteiger partial charge < -0.3 is 4.74 Å². The first-order valence-corrected chi connectivity index (χ1v) is 9.77. The molecule has 1 aliphatic heterocycles. The lowest BCUT2D eigenvalue weighted by Crippen LogP contribution is -2.26. The van der Waals surface area contributed by atoms with E-state index in [2.05, 4.69) is 51.1 Å². The highest BCUT2D eigenvalue weighted by atomic mass is 16.6. The zero-order chi connectivity index (χ0) is 19.4. The second-order valence-corrected chi connectivity index (χ2v) is 8.07. The van der Waals surface area contributed by atoms with E-state index >= 15 is 0 Å². The summed E-state index contributed by atoms with van der Waals surface area (Å²) in [5, 5.41) is 9.10. The monoisotopic (exact) mass is 364 g/mol. The maximum absolute atomic E-state index is 12.2. The Morgan fingerprint density at radius 1 is 1.30 bits per heavy atom. The Balaban J connectivity index is 1.56. The number of nitriles is 1.